The summed E-state index contributed by atoms with van der Waals surface area (Å²) in [5, 5.41) is 18.1. The Balaban J connectivity index is 1.54. The van der Waals surface area contributed by atoms with Crippen molar-refractivity contribution >= 4 is 34.2 Å². The number of nitrogen functional groups attached to an aromatic ring is 1. The Hall–Kier alpha value is -4.99. The van der Waals surface area contributed by atoms with Crippen LogP contribution in [0.5, 0.6) is 0 Å². The van der Waals surface area contributed by atoms with E-state index in [1.54, 1.807) is 97.3 Å². The van der Waals surface area contributed by atoms with Crippen molar-refractivity contribution in [1.82, 2.24) is 23.9 Å². The van der Waals surface area contributed by atoms with Gasteiger partial charge in [-0.2, -0.15) is 9.78 Å². The zero-order valence-electron chi connectivity index (χ0n) is 23.1. The van der Waals surface area contributed by atoms with Crippen molar-refractivity contribution in [3.63, 3.8) is 0 Å². The Morgan fingerprint density at radius 3 is 2.36 bits per heavy atom. The molecule has 0 saturated carbocycles. The van der Waals surface area contributed by atoms with Crippen LogP contribution in [0.4, 0.5) is 5.82 Å². The van der Waals surface area contributed by atoms with Crippen LogP contribution in [0.25, 0.3) is 22.0 Å². The van der Waals surface area contributed by atoms with E-state index >= 15 is 0 Å². The molecule has 0 saturated heterocycles. The summed E-state index contributed by atoms with van der Waals surface area (Å²) in [6.45, 7) is 1.76. The molecule has 210 valence electrons. The first-order valence-electron chi connectivity index (χ1n) is 13.1. The monoisotopic (exact) mass is 578 g/mol. The lowest BCUT2D eigenvalue weighted by molar-refractivity contribution is 0.0946. The predicted molar refractivity (Wildman–Crippen MR) is 162 cm³/mol. The van der Waals surface area contributed by atoms with E-state index in [0.29, 0.717) is 44.2 Å². The number of hydrogen-bond acceptors (Lipinski definition) is 6. The summed E-state index contributed by atoms with van der Waals surface area (Å²) >= 11 is 6.30. The lowest BCUT2D eigenvalue weighted by Gasteiger charge is -2.30. The Bertz CT molecular complexity index is 2060. The van der Waals surface area contributed by atoms with Crippen molar-refractivity contribution in [3.05, 3.63) is 135 Å². The van der Waals surface area contributed by atoms with Gasteiger partial charge in [0.05, 0.1) is 29.4 Å². The number of halogens is 1. The van der Waals surface area contributed by atoms with Gasteiger partial charge in [-0.15, -0.1) is 0 Å². The van der Waals surface area contributed by atoms with Gasteiger partial charge in [0.25, 0.3) is 11.5 Å². The maximum Gasteiger partial charge on any atom is 0.280 e. The molecule has 3 N–H and O–H groups in total. The second-order valence-corrected chi connectivity index (χ2v) is 10.7. The zero-order chi connectivity index (χ0) is 29.8. The minimum atomic E-state index is -1.66. The summed E-state index contributed by atoms with van der Waals surface area (Å²) in [5.74, 6) is -0.136. The zero-order valence-corrected chi connectivity index (χ0v) is 23.9. The van der Waals surface area contributed by atoms with Gasteiger partial charge >= 0.3 is 0 Å². The van der Waals surface area contributed by atoms with Crippen LogP contribution in [0.1, 0.15) is 32.9 Å². The van der Waals surface area contributed by atoms with Crippen LogP contribution in [0.3, 0.4) is 0 Å². The molecule has 0 bridgehead atoms. The molecule has 1 atom stereocenters. The van der Waals surface area contributed by atoms with Gasteiger partial charge in [0, 0.05) is 42.2 Å². The topological polar surface area (TPSA) is 121 Å². The third-order valence-electron chi connectivity index (χ3n) is 7.59. The van der Waals surface area contributed by atoms with E-state index in [1.807, 2.05) is 24.3 Å². The molecule has 0 radical (unpaired) electrons. The van der Waals surface area contributed by atoms with Gasteiger partial charge in [0.1, 0.15) is 5.82 Å². The van der Waals surface area contributed by atoms with Gasteiger partial charge in [-0.25, -0.2) is 4.98 Å². The smallest absolute Gasteiger partial charge is 0.280 e. The average molecular weight is 579 g/mol. The number of pyridine rings is 1. The number of aryl methyl sites for hydroxylation is 3. The first-order chi connectivity index (χ1) is 20.1. The van der Waals surface area contributed by atoms with Crippen LogP contribution in [-0.4, -0.2) is 34.9 Å². The molecule has 0 spiro atoms. The van der Waals surface area contributed by atoms with Crippen molar-refractivity contribution in [2.75, 3.05) is 5.73 Å². The van der Waals surface area contributed by atoms with Crippen molar-refractivity contribution < 1.29 is 9.90 Å². The van der Waals surface area contributed by atoms with E-state index < -0.39 is 5.60 Å². The summed E-state index contributed by atoms with van der Waals surface area (Å²) < 4.78 is 4.47. The number of benzene rings is 3. The van der Waals surface area contributed by atoms with Gasteiger partial charge in [-0.1, -0.05) is 41.9 Å². The fraction of sp³-hybridized carbons (Fsp3) is 0.125. The summed E-state index contributed by atoms with van der Waals surface area (Å²) in [5.41, 5.74) is 8.87. The van der Waals surface area contributed by atoms with Gasteiger partial charge in [0.2, 0.25) is 0 Å². The molecule has 0 aliphatic heterocycles. The summed E-state index contributed by atoms with van der Waals surface area (Å²) in [6, 6.07) is 22.7. The molecule has 0 aliphatic rings. The van der Waals surface area contributed by atoms with E-state index in [1.165, 1.54) is 0 Å². The molecule has 6 rings (SSSR count). The third-order valence-corrected chi connectivity index (χ3v) is 7.82. The Morgan fingerprint density at radius 1 is 0.976 bits per heavy atom. The molecule has 1 unspecified atom stereocenters. The maximum absolute atomic E-state index is 13.1. The van der Waals surface area contributed by atoms with Crippen LogP contribution in [0, 0.1) is 6.92 Å². The predicted octanol–water partition coefficient (Wildman–Crippen LogP) is 4.65. The van der Waals surface area contributed by atoms with E-state index in [0.717, 1.165) is 15.6 Å². The number of anilines is 1. The van der Waals surface area contributed by atoms with Crippen molar-refractivity contribution in [2.24, 2.45) is 14.1 Å². The summed E-state index contributed by atoms with van der Waals surface area (Å²) in [4.78, 5) is 30.3. The number of aromatic nitrogens is 5. The molecule has 3 heterocycles. The molecular formula is C32H27ClN6O3. The fourth-order valence-corrected chi connectivity index (χ4v) is 5.60. The van der Waals surface area contributed by atoms with Gasteiger partial charge < -0.3 is 20.0 Å². The third kappa shape index (κ3) is 4.39. The highest BCUT2D eigenvalue weighted by Crippen LogP contribution is 2.39. The molecule has 9 nitrogen and oxygen atoms in total. The Kier molecular flexibility index (Phi) is 6.56. The molecular weight excluding hydrogens is 552 g/mol. The van der Waals surface area contributed by atoms with Crippen molar-refractivity contribution in [3.8, 4) is 11.1 Å². The maximum atomic E-state index is 13.1. The average Bonchev–Trinajstić information content (AvgIpc) is 3.57. The first kappa shape index (κ1) is 27.2. The highest BCUT2D eigenvalue weighted by atomic mass is 35.5. The molecule has 0 amide bonds. The lowest BCUT2D eigenvalue weighted by atomic mass is 9.82. The van der Waals surface area contributed by atoms with Gasteiger partial charge in [-0.3, -0.25) is 9.59 Å². The number of nitrogens with zero attached hydrogens (tertiary/aromatic N) is 5. The highest BCUT2D eigenvalue weighted by Gasteiger charge is 2.37. The molecule has 10 heteroatoms. The number of aliphatic hydroxyl groups is 1. The molecule has 6 aromatic rings. The molecule has 0 fully saturated rings. The van der Waals surface area contributed by atoms with Gasteiger partial charge in [-0.05, 0) is 65.6 Å². The first-order valence-corrected chi connectivity index (χ1v) is 13.5. The minimum Gasteiger partial charge on any atom is -0.383 e. The molecule has 3 aromatic heterocycles. The van der Waals surface area contributed by atoms with Crippen molar-refractivity contribution in [2.45, 2.75) is 12.5 Å². The summed E-state index contributed by atoms with van der Waals surface area (Å²) in [7, 11) is 3.51. The second-order valence-electron chi connectivity index (χ2n) is 10.3. The largest absolute Gasteiger partial charge is 0.383 e. The normalized spacial score (nSPS) is 12.9. The van der Waals surface area contributed by atoms with Crippen LogP contribution >= 0.6 is 11.6 Å². The lowest BCUT2D eigenvalue weighted by Crippen LogP contribution is -2.31. The van der Waals surface area contributed by atoms with Crippen LogP contribution in [0.15, 0.2) is 96.2 Å². The number of hydrogen-bond donors (Lipinski definition) is 2. The number of nitrogens with two attached hydrogens (primary N) is 1. The Morgan fingerprint density at radius 2 is 1.71 bits per heavy atom. The fourth-order valence-electron chi connectivity index (χ4n) is 5.41. The number of imidazole rings is 1. The molecule has 3 aromatic carbocycles. The van der Waals surface area contributed by atoms with Crippen molar-refractivity contribution in [1.29, 1.82) is 0 Å². The number of carbonyl (C=O) groups is 1. The quantitative estimate of drug-likeness (QED) is 0.307. The Labute approximate surface area is 246 Å². The van der Waals surface area contributed by atoms with E-state index in [9.17, 15) is 14.7 Å². The van der Waals surface area contributed by atoms with E-state index in [-0.39, 0.29) is 17.3 Å². The highest BCUT2D eigenvalue weighted by molar-refractivity contribution is 6.30. The summed E-state index contributed by atoms with van der Waals surface area (Å²) in [6.07, 6.45) is 3.22. The molecule has 0 aliphatic carbocycles. The van der Waals surface area contributed by atoms with E-state index in [4.69, 9.17) is 17.3 Å². The van der Waals surface area contributed by atoms with Crippen LogP contribution < -0.4 is 11.3 Å². The van der Waals surface area contributed by atoms with Crippen LogP contribution in [0.2, 0.25) is 5.02 Å². The molecule has 42 heavy (non-hydrogen) atoms. The number of rotatable bonds is 5. The minimum absolute atomic E-state index is 0.166. The number of fused-ring (bicyclic) bond motifs is 1. The number of carbonyl (C=O) groups excluding carboxylic acids is 1. The van der Waals surface area contributed by atoms with Crippen LogP contribution in [-0.2, 0) is 19.7 Å². The second kappa shape index (κ2) is 10.1. The van der Waals surface area contributed by atoms with Gasteiger partial charge in [0.15, 0.2) is 5.60 Å². The standard InChI is InChI=1S/C32H27ClN6O3/c1-19-13-29(34)39(36-19)31(41)20-7-9-22(10-8-20)32(42,28-17-35-18-37(28)2)23-11-12-27-26(15-23)25(16-30(40)38(27)3)21-5-4-6-24(33)14-21/h4-18,42H,34H2,1-3H3. The SMILES string of the molecule is Cc1cc(N)n(C(=O)c2ccc(C(O)(c3ccc4c(c3)c(-c3cccc(Cl)c3)cc(=O)n4C)c3cncn3C)cc2)n1. The van der Waals surface area contributed by atoms with E-state index in [2.05, 4.69) is 10.1 Å².